The van der Waals surface area contributed by atoms with Crippen molar-refractivity contribution in [3.05, 3.63) is 53.7 Å². The van der Waals surface area contributed by atoms with E-state index in [1.807, 2.05) is 42.2 Å². The summed E-state index contributed by atoms with van der Waals surface area (Å²) >= 11 is 0. The Bertz CT molecular complexity index is 741. The lowest BCUT2D eigenvalue weighted by molar-refractivity contribution is -0.133. The third-order valence-electron chi connectivity index (χ3n) is 4.68. The molecule has 3 rings (SSSR count). The summed E-state index contributed by atoms with van der Waals surface area (Å²) in [5.74, 6) is 0.155. The molecule has 1 aliphatic rings. The normalized spacial score (nSPS) is 18.3. The predicted octanol–water partition coefficient (Wildman–Crippen LogP) is 2.64. The van der Waals surface area contributed by atoms with Crippen LogP contribution < -0.4 is 0 Å². The van der Waals surface area contributed by atoms with Gasteiger partial charge in [-0.2, -0.15) is 0 Å². The lowest BCUT2D eigenvalue weighted by Gasteiger charge is -2.31. The smallest absolute Gasteiger partial charge is 0.291 e. The quantitative estimate of drug-likeness (QED) is 0.857. The zero-order valence-corrected chi connectivity index (χ0v) is 14.6. The first kappa shape index (κ1) is 17.2. The molecule has 2 heterocycles. The predicted molar refractivity (Wildman–Crippen MR) is 92.8 cm³/mol. The van der Waals surface area contributed by atoms with E-state index < -0.39 is 0 Å². The number of benzene rings is 1. The van der Waals surface area contributed by atoms with Gasteiger partial charge in [-0.15, -0.1) is 0 Å². The Morgan fingerprint density at radius 2 is 2.08 bits per heavy atom. The molecule has 1 aromatic carbocycles. The van der Waals surface area contributed by atoms with E-state index in [0.29, 0.717) is 31.7 Å². The molecule has 1 unspecified atom stereocenters. The first-order valence-electron chi connectivity index (χ1n) is 8.63. The SMILES string of the molecule is CCC1CN(C(=O)c2ocnc2C)CCC(=O)N1Cc1ccccc1. The van der Waals surface area contributed by atoms with Gasteiger partial charge < -0.3 is 14.2 Å². The number of aromatic nitrogens is 1. The fourth-order valence-corrected chi connectivity index (χ4v) is 3.20. The van der Waals surface area contributed by atoms with Crippen molar-refractivity contribution < 1.29 is 14.0 Å². The van der Waals surface area contributed by atoms with Gasteiger partial charge in [0.15, 0.2) is 6.39 Å². The van der Waals surface area contributed by atoms with Crippen LogP contribution in [0.4, 0.5) is 0 Å². The van der Waals surface area contributed by atoms with Gasteiger partial charge in [0.25, 0.3) is 5.91 Å². The van der Waals surface area contributed by atoms with Crippen LogP contribution in [0, 0.1) is 6.92 Å². The van der Waals surface area contributed by atoms with Gasteiger partial charge in [0.05, 0.1) is 5.69 Å². The van der Waals surface area contributed by atoms with Crippen LogP contribution in [0.15, 0.2) is 41.1 Å². The zero-order chi connectivity index (χ0) is 17.8. The molecule has 25 heavy (non-hydrogen) atoms. The molecule has 2 aromatic rings. The van der Waals surface area contributed by atoms with Crippen molar-refractivity contribution >= 4 is 11.8 Å². The Labute approximate surface area is 147 Å². The highest BCUT2D eigenvalue weighted by atomic mass is 16.3. The molecular formula is C19H23N3O3. The number of carbonyl (C=O) groups excluding carboxylic acids is 2. The van der Waals surface area contributed by atoms with E-state index in [0.717, 1.165) is 12.0 Å². The summed E-state index contributed by atoms with van der Waals surface area (Å²) < 4.78 is 5.24. The Morgan fingerprint density at radius 1 is 1.32 bits per heavy atom. The molecule has 2 amide bonds. The van der Waals surface area contributed by atoms with Crippen LogP contribution in [0.5, 0.6) is 0 Å². The maximum Gasteiger partial charge on any atom is 0.291 e. The number of nitrogens with zero attached hydrogens (tertiary/aromatic N) is 3. The summed E-state index contributed by atoms with van der Waals surface area (Å²) in [4.78, 5) is 33.0. The first-order chi connectivity index (χ1) is 12.1. The van der Waals surface area contributed by atoms with Crippen molar-refractivity contribution in [1.82, 2.24) is 14.8 Å². The number of hydrogen-bond donors (Lipinski definition) is 0. The summed E-state index contributed by atoms with van der Waals surface area (Å²) in [5, 5.41) is 0. The van der Waals surface area contributed by atoms with Crippen LogP contribution in [0.1, 0.15) is 41.6 Å². The molecule has 0 saturated carbocycles. The van der Waals surface area contributed by atoms with E-state index >= 15 is 0 Å². The topological polar surface area (TPSA) is 66.7 Å². The van der Waals surface area contributed by atoms with Gasteiger partial charge in [0.1, 0.15) is 0 Å². The number of amides is 2. The summed E-state index contributed by atoms with van der Waals surface area (Å²) in [6.45, 7) is 5.28. The highest BCUT2D eigenvalue weighted by Crippen LogP contribution is 2.20. The van der Waals surface area contributed by atoms with Gasteiger partial charge in [-0.1, -0.05) is 37.3 Å². The van der Waals surface area contributed by atoms with Crippen molar-refractivity contribution in [2.75, 3.05) is 13.1 Å². The van der Waals surface area contributed by atoms with Crippen LogP contribution in [0.3, 0.4) is 0 Å². The van der Waals surface area contributed by atoms with Gasteiger partial charge in [-0.3, -0.25) is 9.59 Å². The number of oxazole rings is 1. The Morgan fingerprint density at radius 3 is 2.72 bits per heavy atom. The molecular weight excluding hydrogens is 318 g/mol. The van der Waals surface area contributed by atoms with Gasteiger partial charge in [-0.25, -0.2) is 4.98 Å². The number of carbonyl (C=O) groups is 2. The van der Waals surface area contributed by atoms with Gasteiger partial charge in [-0.05, 0) is 18.9 Å². The zero-order valence-electron chi connectivity index (χ0n) is 14.6. The van der Waals surface area contributed by atoms with Crippen molar-refractivity contribution in [2.24, 2.45) is 0 Å². The van der Waals surface area contributed by atoms with Crippen LogP contribution in [-0.2, 0) is 11.3 Å². The second-order valence-electron chi connectivity index (χ2n) is 6.34. The van der Waals surface area contributed by atoms with Crippen LogP contribution in [0.2, 0.25) is 0 Å². The first-order valence-corrected chi connectivity index (χ1v) is 8.63. The van der Waals surface area contributed by atoms with Crippen LogP contribution >= 0.6 is 0 Å². The third kappa shape index (κ3) is 3.73. The highest BCUT2D eigenvalue weighted by molar-refractivity contribution is 5.93. The molecule has 0 spiro atoms. The maximum absolute atomic E-state index is 12.7. The standard InChI is InChI=1S/C19H23N3O3/c1-3-16-12-21(19(24)18-14(2)20-13-25-18)10-9-17(23)22(16)11-15-7-5-4-6-8-15/h4-8,13,16H,3,9-12H2,1-2H3. The Hall–Kier alpha value is -2.63. The van der Waals surface area contributed by atoms with E-state index in [2.05, 4.69) is 4.98 Å². The second kappa shape index (κ2) is 7.51. The van der Waals surface area contributed by atoms with E-state index in [1.165, 1.54) is 6.39 Å². The fraction of sp³-hybridized carbons (Fsp3) is 0.421. The van der Waals surface area contributed by atoms with Crippen molar-refractivity contribution in [1.29, 1.82) is 0 Å². The largest absolute Gasteiger partial charge is 0.438 e. The average molecular weight is 341 g/mol. The molecule has 1 aliphatic heterocycles. The molecule has 1 aromatic heterocycles. The number of rotatable bonds is 4. The molecule has 0 bridgehead atoms. The van der Waals surface area contributed by atoms with Crippen molar-refractivity contribution in [3.8, 4) is 0 Å². The van der Waals surface area contributed by atoms with Crippen LogP contribution in [0.25, 0.3) is 0 Å². The number of aryl methyl sites for hydroxylation is 1. The van der Waals surface area contributed by atoms with Crippen molar-refractivity contribution in [3.63, 3.8) is 0 Å². The molecule has 6 heteroatoms. The van der Waals surface area contributed by atoms with E-state index in [1.54, 1.807) is 11.8 Å². The van der Waals surface area contributed by atoms with Crippen LogP contribution in [-0.4, -0.2) is 45.7 Å². The lowest BCUT2D eigenvalue weighted by Crippen LogP contribution is -2.43. The lowest BCUT2D eigenvalue weighted by atomic mass is 10.1. The third-order valence-corrected chi connectivity index (χ3v) is 4.68. The Kier molecular flexibility index (Phi) is 5.16. The summed E-state index contributed by atoms with van der Waals surface area (Å²) in [5.41, 5.74) is 1.68. The summed E-state index contributed by atoms with van der Waals surface area (Å²) in [7, 11) is 0. The molecule has 0 N–H and O–H groups in total. The molecule has 0 radical (unpaired) electrons. The second-order valence-corrected chi connectivity index (χ2v) is 6.34. The van der Waals surface area contributed by atoms with E-state index in [9.17, 15) is 9.59 Å². The minimum Gasteiger partial charge on any atom is -0.438 e. The minimum atomic E-state index is -0.192. The van der Waals surface area contributed by atoms with Gasteiger partial charge in [0.2, 0.25) is 11.7 Å². The summed E-state index contributed by atoms with van der Waals surface area (Å²) in [6.07, 6.45) is 2.39. The molecule has 132 valence electrons. The average Bonchev–Trinajstić information content (AvgIpc) is 2.99. The van der Waals surface area contributed by atoms with Crippen molar-refractivity contribution in [2.45, 2.75) is 39.3 Å². The molecule has 0 aliphatic carbocycles. The fourth-order valence-electron chi connectivity index (χ4n) is 3.20. The van der Waals surface area contributed by atoms with E-state index in [4.69, 9.17) is 4.42 Å². The maximum atomic E-state index is 12.7. The molecule has 1 saturated heterocycles. The molecule has 1 fully saturated rings. The highest BCUT2D eigenvalue weighted by Gasteiger charge is 2.32. The summed E-state index contributed by atoms with van der Waals surface area (Å²) in [6, 6.07) is 9.94. The van der Waals surface area contributed by atoms with E-state index in [-0.39, 0.29) is 23.6 Å². The van der Waals surface area contributed by atoms with Gasteiger partial charge >= 0.3 is 0 Å². The monoisotopic (exact) mass is 341 g/mol. The molecule has 1 atom stereocenters. The Balaban J connectivity index is 1.79. The molecule has 6 nitrogen and oxygen atoms in total. The minimum absolute atomic E-state index is 0.0117. The van der Waals surface area contributed by atoms with Gasteiger partial charge in [0, 0.05) is 32.1 Å². The number of hydrogen-bond acceptors (Lipinski definition) is 4.